The van der Waals surface area contributed by atoms with Crippen LogP contribution >= 0.6 is 0 Å². The Balaban J connectivity index is 1.42. The molecule has 2 aromatic carbocycles. The van der Waals surface area contributed by atoms with Crippen LogP contribution in [-0.4, -0.2) is 46.2 Å². The van der Waals surface area contributed by atoms with Gasteiger partial charge in [-0.25, -0.2) is 0 Å². The number of fused-ring (bicyclic) bond motifs is 1. The molecule has 2 aromatic rings. The number of benzene rings is 2. The summed E-state index contributed by atoms with van der Waals surface area (Å²) in [7, 11) is -1.96. The summed E-state index contributed by atoms with van der Waals surface area (Å²) in [6.45, 7) is 7.91. The van der Waals surface area contributed by atoms with E-state index < -0.39 is 14.6 Å². The third-order valence-corrected chi connectivity index (χ3v) is 10.4. The van der Waals surface area contributed by atoms with Gasteiger partial charge in [-0.15, -0.1) is 0 Å². The molecule has 35 heavy (non-hydrogen) atoms. The molecule has 5 rings (SSSR count). The van der Waals surface area contributed by atoms with Crippen LogP contribution in [0.25, 0.3) is 0 Å². The molecule has 5 nitrogen and oxygen atoms in total. The summed E-state index contributed by atoms with van der Waals surface area (Å²) in [5.74, 6) is 0.152. The van der Waals surface area contributed by atoms with Gasteiger partial charge in [0.2, 0.25) is 9.04 Å². The SMILES string of the molecule is CC(C)(C)[C@@H]1[C@H]2CC(=O)O[C@@]2(CO[SiH](c2ccccc2)c2ccccc2)C[C@H]1OC1CCCCO1. The summed E-state index contributed by atoms with van der Waals surface area (Å²) >= 11 is 0. The highest BCUT2D eigenvalue weighted by Gasteiger charge is 2.63. The minimum atomic E-state index is -1.96. The second kappa shape index (κ2) is 10.2. The van der Waals surface area contributed by atoms with Crippen molar-refractivity contribution in [2.24, 2.45) is 17.3 Å². The summed E-state index contributed by atoms with van der Waals surface area (Å²) in [5, 5.41) is 2.45. The number of esters is 1. The minimum absolute atomic E-state index is 0.0200. The Kier molecular flexibility index (Phi) is 7.17. The predicted molar refractivity (Wildman–Crippen MR) is 138 cm³/mol. The molecule has 0 aromatic heterocycles. The lowest BCUT2D eigenvalue weighted by Crippen LogP contribution is -2.49. The average Bonchev–Trinajstić information content (AvgIpc) is 3.30. The Morgan fingerprint density at radius 2 is 1.66 bits per heavy atom. The zero-order valence-corrected chi connectivity index (χ0v) is 22.3. The van der Waals surface area contributed by atoms with E-state index in [2.05, 4.69) is 69.3 Å². The third kappa shape index (κ3) is 5.26. The molecule has 3 fully saturated rings. The van der Waals surface area contributed by atoms with E-state index in [9.17, 15) is 4.79 Å². The third-order valence-electron chi connectivity index (χ3n) is 7.92. The van der Waals surface area contributed by atoms with E-state index >= 15 is 0 Å². The van der Waals surface area contributed by atoms with Gasteiger partial charge in [0.05, 0.1) is 19.1 Å². The van der Waals surface area contributed by atoms with Crippen molar-refractivity contribution < 1.29 is 23.4 Å². The standard InChI is InChI=1S/C29H38O5Si/c1-28(2,3)27-23-18-25(30)34-29(23,19-24(27)33-26-16-10-11-17-31-26)20-32-35(21-12-6-4-7-13-21)22-14-8-5-9-15-22/h4-9,12-15,23-24,26-27,35H,10-11,16-20H2,1-3H3/t23-,24-,26?,27-,29-/m1/s1. The van der Waals surface area contributed by atoms with Crippen molar-refractivity contribution in [2.45, 2.75) is 70.9 Å². The largest absolute Gasteiger partial charge is 0.456 e. The first-order valence-corrected chi connectivity index (χ1v) is 14.7. The molecular weight excluding hydrogens is 456 g/mol. The van der Waals surface area contributed by atoms with E-state index in [0.29, 0.717) is 19.4 Å². The molecular formula is C29H38O5Si. The van der Waals surface area contributed by atoms with Crippen LogP contribution in [0.5, 0.6) is 0 Å². The lowest BCUT2D eigenvalue weighted by atomic mass is 9.71. The minimum Gasteiger partial charge on any atom is -0.456 e. The van der Waals surface area contributed by atoms with E-state index in [0.717, 1.165) is 25.9 Å². The maximum Gasteiger partial charge on any atom is 0.306 e. The van der Waals surface area contributed by atoms with Crippen LogP contribution in [0.1, 0.15) is 52.9 Å². The molecule has 2 aliphatic heterocycles. The molecule has 0 radical (unpaired) electrons. The van der Waals surface area contributed by atoms with E-state index in [1.54, 1.807) is 0 Å². The highest BCUT2D eigenvalue weighted by atomic mass is 28.3. The topological polar surface area (TPSA) is 54.0 Å². The van der Waals surface area contributed by atoms with E-state index in [4.69, 9.17) is 18.6 Å². The molecule has 0 N–H and O–H groups in total. The average molecular weight is 495 g/mol. The van der Waals surface area contributed by atoms with Gasteiger partial charge in [0.1, 0.15) is 5.60 Å². The number of rotatable bonds is 7. The zero-order chi connectivity index (χ0) is 24.5. The normalized spacial score (nSPS) is 30.9. The molecule has 2 saturated heterocycles. The fourth-order valence-electron chi connectivity index (χ4n) is 6.45. The second-order valence-electron chi connectivity index (χ2n) is 11.4. The van der Waals surface area contributed by atoms with Gasteiger partial charge in [0, 0.05) is 18.9 Å². The van der Waals surface area contributed by atoms with Gasteiger partial charge in [-0.2, -0.15) is 0 Å². The molecule has 188 valence electrons. The van der Waals surface area contributed by atoms with Gasteiger partial charge in [-0.05, 0) is 41.0 Å². The van der Waals surface area contributed by atoms with Crippen molar-refractivity contribution >= 4 is 25.4 Å². The molecule has 2 heterocycles. The van der Waals surface area contributed by atoms with Crippen LogP contribution in [0, 0.1) is 17.3 Å². The molecule has 6 heteroatoms. The first-order chi connectivity index (χ1) is 16.9. The quantitative estimate of drug-likeness (QED) is 0.433. The van der Waals surface area contributed by atoms with Gasteiger partial charge in [0.25, 0.3) is 0 Å². The zero-order valence-electron chi connectivity index (χ0n) is 21.2. The molecule has 5 atom stereocenters. The molecule has 1 aliphatic carbocycles. The van der Waals surface area contributed by atoms with Crippen LogP contribution in [0.2, 0.25) is 0 Å². The van der Waals surface area contributed by atoms with E-state index in [1.165, 1.54) is 10.4 Å². The van der Waals surface area contributed by atoms with Crippen LogP contribution in [0.3, 0.4) is 0 Å². The fraction of sp³-hybridized carbons (Fsp3) is 0.552. The molecule has 1 unspecified atom stereocenters. The monoisotopic (exact) mass is 494 g/mol. The number of hydrogen-bond acceptors (Lipinski definition) is 5. The molecule has 0 bridgehead atoms. The fourth-order valence-corrected chi connectivity index (χ4v) is 8.81. The lowest BCUT2D eigenvalue weighted by Gasteiger charge is -2.37. The van der Waals surface area contributed by atoms with Gasteiger partial charge in [-0.1, -0.05) is 81.4 Å². The summed E-state index contributed by atoms with van der Waals surface area (Å²) in [6, 6.07) is 20.9. The van der Waals surface area contributed by atoms with Crippen molar-refractivity contribution in [3.8, 4) is 0 Å². The maximum atomic E-state index is 12.7. The summed E-state index contributed by atoms with van der Waals surface area (Å²) in [6.07, 6.45) is 4.06. The number of carbonyl (C=O) groups excluding carboxylic acids is 1. The molecule has 1 saturated carbocycles. The van der Waals surface area contributed by atoms with Crippen LogP contribution in [-0.2, 0) is 23.4 Å². The van der Waals surface area contributed by atoms with Crippen molar-refractivity contribution in [1.82, 2.24) is 0 Å². The van der Waals surface area contributed by atoms with Gasteiger partial charge < -0.3 is 18.6 Å². The lowest BCUT2D eigenvalue weighted by molar-refractivity contribution is -0.204. The Morgan fingerprint density at radius 1 is 1.00 bits per heavy atom. The van der Waals surface area contributed by atoms with Gasteiger partial charge in [0.15, 0.2) is 6.29 Å². The van der Waals surface area contributed by atoms with Crippen molar-refractivity contribution in [2.75, 3.05) is 13.2 Å². The summed E-state index contributed by atoms with van der Waals surface area (Å²) in [4.78, 5) is 12.7. The van der Waals surface area contributed by atoms with Gasteiger partial charge >= 0.3 is 5.97 Å². The van der Waals surface area contributed by atoms with E-state index in [1.807, 2.05) is 12.1 Å². The van der Waals surface area contributed by atoms with E-state index in [-0.39, 0.29) is 35.6 Å². The molecule has 0 spiro atoms. The highest BCUT2D eigenvalue weighted by Crippen LogP contribution is 2.56. The Hall–Kier alpha value is -1.99. The Morgan fingerprint density at radius 3 is 2.23 bits per heavy atom. The highest BCUT2D eigenvalue weighted by molar-refractivity contribution is 6.80. The van der Waals surface area contributed by atoms with Crippen molar-refractivity contribution in [1.29, 1.82) is 0 Å². The number of carbonyl (C=O) groups is 1. The smallest absolute Gasteiger partial charge is 0.306 e. The predicted octanol–water partition coefficient (Wildman–Crippen LogP) is 3.82. The first-order valence-electron chi connectivity index (χ1n) is 13.1. The van der Waals surface area contributed by atoms with Crippen LogP contribution in [0.15, 0.2) is 60.7 Å². The van der Waals surface area contributed by atoms with Gasteiger partial charge in [-0.3, -0.25) is 4.79 Å². The number of hydrogen-bond donors (Lipinski definition) is 0. The summed E-state index contributed by atoms with van der Waals surface area (Å²) in [5.41, 5.74) is -0.682. The van der Waals surface area contributed by atoms with Crippen molar-refractivity contribution in [3.63, 3.8) is 0 Å². The summed E-state index contributed by atoms with van der Waals surface area (Å²) < 4.78 is 25.5. The Labute approximate surface area is 210 Å². The first kappa shape index (κ1) is 24.7. The maximum absolute atomic E-state index is 12.7. The molecule has 0 amide bonds. The molecule has 3 aliphatic rings. The second-order valence-corrected chi connectivity index (χ2v) is 13.9. The van der Waals surface area contributed by atoms with Crippen LogP contribution in [0.4, 0.5) is 0 Å². The van der Waals surface area contributed by atoms with Crippen LogP contribution < -0.4 is 10.4 Å². The van der Waals surface area contributed by atoms with Crippen molar-refractivity contribution in [3.05, 3.63) is 60.7 Å². The Bertz CT molecular complexity index is 946. The number of ether oxygens (including phenoxy) is 3.